The standard InChI is InChI=1S/C25H22ClF3N4O3S/c1-36-22-9-8-19(15-20(22)26)37(34,35)32-13-10-18(11-14-32)33-23(31-21-3-2-12-30-24(21)33)16-4-6-17(7-5-16)25(27,28)29/h2-9,12,15,18H,10-11,13-14H2,1H3. The van der Waals surface area contributed by atoms with Crippen molar-refractivity contribution in [1.82, 2.24) is 18.8 Å². The van der Waals surface area contributed by atoms with Crippen molar-refractivity contribution in [2.45, 2.75) is 30.0 Å². The molecule has 37 heavy (non-hydrogen) atoms. The topological polar surface area (TPSA) is 77.3 Å². The molecule has 0 aliphatic carbocycles. The van der Waals surface area contributed by atoms with Gasteiger partial charge in [0.15, 0.2) is 5.65 Å². The van der Waals surface area contributed by atoms with Crippen molar-refractivity contribution in [2.24, 2.45) is 0 Å². The summed E-state index contributed by atoms with van der Waals surface area (Å²) in [4.78, 5) is 9.20. The van der Waals surface area contributed by atoms with E-state index in [0.717, 1.165) is 12.1 Å². The molecule has 194 valence electrons. The Balaban J connectivity index is 1.44. The molecular weight excluding hydrogens is 529 g/mol. The maximum Gasteiger partial charge on any atom is 0.416 e. The monoisotopic (exact) mass is 550 g/mol. The third-order valence-corrected chi connectivity index (χ3v) is 8.66. The number of ether oxygens (including phenoxy) is 1. The minimum atomic E-state index is -4.44. The van der Waals surface area contributed by atoms with Crippen molar-refractivity contribution in [3.63, 3.8) is 0 Å². The van der Waals surface area contributed by atoms with Crippen LogP contribution in [0.5, 0.6) is 5.75 Å². The van der Waals surface area contributed by atoms with Gasteiger partial charge in [-0.2, -0.15) is 17.5 Å². The fourth-order valence-electron chi connectivity index (χ4n) is 4.58. The molecule has 1 aliphatic heterocycles. The van der Waals surface area contributed by atoms with Crippen molar-refractivity contribution in [3.8, 4) is 17.1 Å². The lowest BCUT2D eigenvalue weighted by Gasteiger charge is -2.32. The molecule has 0 amide bonds. The number of methoxy groups -OCH3 is 1. The van der Waals surface area contributed by atoms with Crippen LogP contribution < -0.4 is 4.74 Å². The number of hydrogen-bond acceptors (Lipinski definition) is 5. The maximum absolute atomic E-state index is 13.2. The van der Waals surface area contributed by atoms with Crippen LogP contribution in [0.4, 0.5) is 13.2 Å². The highest BCUT2D eigenvalue weighted by atomic mass is 35.5. The molecule has 4 aromatic rings. The molecule has 1 aliphatic rings. The van der Waals surface area contributed by atoms with E-state index in [1.165, 1.54) is 41.7 Å². The van der Waals surface area contributed by atoms with Gasteiger partial charge in [-0.3, -0.25) is 0 Å². The molecule has 0 spiro atoms. The first-order valence-electron chi connectivity index (χ1n) is 11.4. The zero-order chi connectivity index (χ0) is 26.4. The first-order valence-corrected chi connectivity index (χ1v) is 13.3. The number of alkyl halides is 3. The Bertz CT molecular complexity index is 1550. The van der Waals surface area contributed by atoms with Crippen LogP contribution in [0, 0.1) is 0 Å². The molecule has 5 rings (SSSR count). The average molecular weight is 551 g/mol. The third-order valence-electron chi connectivity index (χ3n) is 6.47. The van der Waals surface area contributed by atoms with E-state index in [9.17, 15) is 21.6 Å². The minimum Gasteiger partial charge on any atom is -0.495 e. The van der Waals surface area contributed by atoms with Crippen LogP contribution in [0.25, 0.3) is 22.6 Å². The molecule has 2 aromatic carbocycles. The van der Waals surface area contributed by atoms with Gasteiger partial charge in [-0.15, -0.1) is 0 Å². The summed E-state index contributed by atoms with van der Waals surface area (Å²) in [6.45, 7) is 0.491. The molecule has 2 aromatic heterocycles. The van der Waals surface area contributed by atoms with Gasteiger partial charge in [0.2, 0.25) is 10.0 Å². The first-order chi connectivity index (χ1) is 17.6. The van der Waals surface area contributed by atoms with Crippen LogP contribution in [-0.4, -0.2) is 47.5 Å². The van der Waals surface area contributed by atoms with Crippen LogP contribution in [0.1, 0.15) is 24.4 Å². The molecule has 0 bridgehead atoms. The molecule has 0 radical (unpaired) electrons. The summed E-state index contributed by atoms with van der Waals surface area (Å²) in [5.74, 6) is 0.875. The van der Waals surface area contributed by atoms with Crippen LogP contribution >= 0.6 is 11.6 Å². The van der Waals surface area contributed by atoms with Crippen LogP contribution in [0.15, 0.2) is 65.7 Å². The average Bonchev–Trinajstić information content (AvgIpc) is 3.28. The van der Waals surface area contributed by atoms with Crippen molar-refractivity contribution in [3.05, 3.63) is 71.4 Å². The lowest BCUT2D eigenvalue weighted by atomic mass is 10.1. The minimum absolute atomic E-state index is 0.0805. The maximum atomic E-state index is 13.2. The zero-order valence-corrected chi connectivity index (χ0v) is 21.2. The number of pyridine rings is 1. The van der Waals surface area contributed by atoms with Gasteiger partial charge in [-0.1, -0.05) is 23.7 Å². The van der Waals surface area contributed by atoms with E-state index in [-0.39, 0.29) is 29.0 Å². The summed E-state index contributed by atoms with van der Waals surface area (Å²) in [5.41, 5.74) is 0.990. The van der Waals surface area contributed by atoms with Gasteiger partial charge >= 0.3 is 6.18 Å². The van der Waals surface area contributed by atoms with E-state index >= 15 is 0 Å². The molecule has 7 nitrogen and oxygen atoms in total. The van der Waals surface area contributed by atoms with Crippen molar-refractivity contribution < 1.29 is 26.3 Å². The summed E-state index contributed by atoms with van der Waals surface area (Å²) in [6.07, 6.45) is -1.87. The number of aromatic nitrogens is 3. The summed E-state index contributed by atoms with van der Waals surface area (Å²) >= 11 is 6.14. The molecule has 0 atom stereocenters. The molecule has 3 heterocycles. The molecule has 0 N–H and O–H groups in total. The quantitative estimate of drug-likeness (QED) is 0.314. The van der Waals surface area contributed by atoms with Crippen LogP contribution in [0.3, 0.4) is 0 Å². The lowest BCUT2D eigenvalue weighted by molar-refractivity contribution is -0.137. The van der Waals surface area contributed by atoms with Crippen LogP contribution in [0.2, 0.25) is 5.02 Å². The van der Waals surface area contributed by atoms with Gasteiger partial charge < -0.3 is 9.30 Å². The molecule has 1 saturated heterocycles. The Morgan fingerprint density at radius 2 is 1.76 bits per heavy atom. The van der Waals surface area contributed by atoms with Gasteiger partial charge in [0.05, 0.1) is 22.6 Å². The van der Waals surface area contributed by atoms with Crippen molar-refractivity contribution >= 4 is 32.8 Å². The van der Waals surface area contributed by atoms with Gasteiger partial charge in [-0.25, -0.2) is 18.4 Å². The number of nitrogens with zero attached hydrogens (tertiary/aromatic N) is 4. The second-order valence-corrected chi connectivity index (χ2v) is 11.0. The Labute approximate surface area is 216 Å². The van der Waals surface area contributed by atoms with Gasteiger partial charge in [0.25, 0.3) is 0 Å². The highest BCUT2D eigenvalue weighted by Gasteiger charge is 2.33. The smallest absolute Gasteiger partial charge is 0.416 e. The second kappa shape index (κ2) is 9.62. The Hall–Kier alpha value is -3.15. The predicted octanol–water partition coefficient (Wildman–Crippen LogP) is 5.80. The fourth-order valence-corrected chi connectivity index (χ4v) is 6.40. The molecular formula is C25H22ClF3N4O3S. The summed E-state index contributed by atoms with van der Waals surface area (Å²) in [7, 11) is -2.33. The number of sulfonamides is 1. The summed E-state index contributed by atoms with van der Waals surface area (Å²) in [6, 6.07) is 12.6. The number of benzene rings is 2. The molecule has 0 saturated carbocycles. The highest BCUT2D eigenvalue weighted by Crippen LogP contribution is 2.36. The van der Waals surface area contributed by atoms with E-state index in [0.29, 0.717) is 41.1 Å². The Kier molecular flexibility index (Phi) is 6.63. The number of halogens is 4. The van der Waals surface area contributed by atoms with E-state index in [2.05, 4.69) is 9.97 Å². The summed E-state index contributed by atoms with van der Waals surface area (Å²) in [5, 5.41) is 0.204. The second-order valence-electron chi connectivity index (χ2n) is 8.66. The number of fused-ring (bicyclic) bond motifs is 1. The number of hydrogen-bond donors (Lipinski definition) is 0. The molecule has 12 heteroatoms. The number of rotatable bonds is 5. The SMILES string of the molecule is COc1ccc(S(=O)(=O)N2CCC(n3c(-c4ccc(C(F)(F)F)cc4)nc4cccnc43)CC2)cc1Cl. The largest absolute Gasteiger partial charge is 0.495 e. The van der Waals surface area contributed by atoms with Crippen molar-refractivity contribution in [2.75, 3.05) is 20.2 Å². The Morgan fingerprint density at radius 3 is 2.38 bits per heavy atom. The Morgan fingerprint density at radius 1 is 1.05 bits per heavy atom. The third kappa shape index (κ3) is 4.78. The molecule has 0 unspecified atom stereocenters. The van der Waals surface area contributed by atoms with Crippen molar-refractivity contribution in [1.29, 1.82) is 0 Å². The van der Waals surface area contributed by atoms with Gasteiger partial charge in [0.1, 0.15) is 17.1 Å². The predicted molar refractivity (Wildman–Crippen MR) is 133 cm³/mol. The van der Waals surface area contributed by atoms with Gasteiger partial charge in [0, 0.05) is 30.9 Å². The first kappa shape index (κ1) is 25.5. The van der Waals surface area contributed by atoms with Gasteiger partial charge in [-0.05, 0) is 55.3 Å². The number of imidazole rings is 1. The highest BCUT2D eigenvalue weighted by molar-refractivity contribution is 7.89. The number of piperidine rings is 1. The van der Waals surface area contributed by atoms with E-state index in [4.69, 9.17) is 16.3 Å². The van der Waals surface area contributed by atoms with Crippen LogP contribution in [-0.2, 0) is 16.2 Å². The molecule has 1 fully saturated rings. The zero-order valence-electron chi connectivity index (χ0n) is 19.6. The van der Waals surface area contributed by atoms with E-state index in [1.807, 2.05) is 4.57 Å². The van der Waals surface area contributed by atoms with E-state index in [1.54, 1.807) is 18.3 Å². The fraction of sp³-hybridized carbons (Fsp3) is 0.280. The summed E-state index contributed by atoms with van der Waals surface area (Å²) < 4.78 is 74.2. The normalized spacial score (nSPS) is 15.8. The van der Waals surface area contributed by atoms with E-state index < -0.39 is 21.8 Å². The lowest BCUT2D eigenvalue weighted by Crippen LogP contribution is -2.39.